The van der Waals surface area contributed by atoms with Crippen LogP contribution < -0.4 is 5.32 Å². The number of thiazole rings is 1. The molecule has 5 rings (SSSR count). The van der Waals surface area contributed by atoms with Crippen LogP contribution in [0.1, 0.15) is 23.3 Å². The lowest BCUT2D eigenvalue weighted by Gasteiger charge is -2.13. The lowest BCUT2D eigenvalue weighted by atomic mass is 9.95. The number of amides is 1. The molecule has 1 aromatic carbocycles. The third-order valence-corrected chi connectivity index (χ3v) is 8.62. The van der Waals surface area contributed by atoms with Gasteiger partial charge in [0.1, 0.15) is 0 Å². The highest BCUT2D eigenvalue weighted by Crippen LogP contribution is 2.37. The summed E-state index contributed by atoms with van der Waals surface area (Å²) in [4.78, 5) is 18.6. The van der Waals surface area contributed by atoms with Gasteiger partial charge < -0.3 is 5.32 Å². The minimum Gasteiger partial charge on any atom is -0.301 e. The highest BCUT2D eigenvalue weighted by molar-refractivity contribution is 7.99. The average molecular weight is 528 g/mol. The van der Waals surface area contributed by atoms with Crippen molar-refractivity contribution in [2.45, 2.75) is 37.4 Å². The Labute approximate surface area is 215 Å². The fraction of sp³-hybridized carbons (Fsp3) is 0.250. The summed E-state index contributed by atoms with van der Waals surface area (Å²) < 4.78 is 2.05. The molecule has 6 nitrogen and oxygen atoms in total. The van der Waals surface area contributed by atoms with Crippen LogP contribution in [0.4, 0.5) is 5.13 Å². The van der Waals surface area contributed by atoms with Gasteiger partial charge in [0.05, 0.1) is 11.4 Å². The molecule has 34 heavy (non-hydrogen) atoms. The van der Waals surface area contributed by atoms with Crippen molar-refractivity contribution < 1.29 is 4.79 Å². The predicted molar refractivity (Wildman–Crippen MR) is 142 cm³/mol. The van der Waals surface area contributed by atoms with Gasteiger partial charge >= 0.3 is 0 Å². The molecule has 10 heteroatoms. The average Bonchev–Trinajstić information content (AvgIpc) is 3.57. The number of halogens is 1. The zero-order valence-electron chi connectivity index (χ0n) is 18.3. The van der Waals surface area contributed by atoms with Crippen LogP contribution in [0.3, 0.4) is 0 Å². The highest BCUT2D eigenvalue weighted by atomic mass is 35.5. The van der Waals surface area contributed by atoms with Crippen molar-refractivity contribution in [2.75, 3.05) is 11.1 Å². The van der Waals surface area contributed by atoms with E-state index in [2.05, 4.69) is 32.5 Å². The van der Waals surface area contributed by atoms with E-state index in [4.69, 9.17) is 11.6 Å². The van der Waals surface area contributed by atoms with Gasteiger partial charge in [0.2, 0.25) is 5.91 Å². The molecule has 1 N–H and O–H groups in total. The van der Waals surface area contributed by atoms with E-state index < -0.39 is 0 Å². The van der Waals surface area contributed by atoms with E-state index in [0.717, 1.165) is 29.9 Å². The monoisotopic (exact) mass is 527 g/mol. The molecule has 1 amide bonds. The van der Waals surface area contributed by atoms with Crippen LogP contribution in [0.25, 0.3) is 22.6 Å². The van der Waals surface area contributed by atoms with Gasteiger partial charge in [-0.1, -0.05) is 41.6 Å². The fourth-order valence-corrected chi connectivity index (χ4v) is 6.67. The Hall–Kier alpha value is -2.46. The molecule has 4 aromatic rings. The molecule has 0 saturated carbocycles. The number of rotatable bonds is 8. The molecule has 1 aliphatic carbocycles. The van der Waals surface area contributed by atoms with Crippen LogP contribution in [-0.2, 0) is 24.2 Å². The SMILES string of the molecule is C=CCn1c(SCC(=O)Nc2nc(-c3ccc(Cl)cc3)cs2)nnc1-c1csc2c1CCCC2. The van der Waals surface area contributed by atoms with Crippen molar-refractivity contribution >= 4 is 57.1 Å². The Bertz CT molecular complexity index is 1320. The number of hydrogen-bond acceptors (Lipinski definition) is 7. The quantitative estimate of drug-likeness (QED) is 0.207. The van der Waals surface area contributed by atoms with Crippen molar-refractivity contribution in [3.63, 3.8) is 0 Å². The van der Waals surface area contributed by atoms with E-state index in [1.54, 1.807) is 0 Å². The number of allylic oxidation sites excluding steroid dienone is 1. The molecule has 0 bridgehead atoms. The predicted octanol–water partition coefficient (Wildman–Crippen LogP) is 6.58. The van der Waals surface area contributed by atoms with E-state index in [1.165, 1.54) is 51.9 Å². The van der Waals surface area contributed by atoms with Gasteiger partial charge in [-0.05, 0) is 43.4 Å². The van der Waals surface area contributed by atoms with Crippen molar-refractivity contribution in [1.82, 2.24) is 19.7 Å². The first-order valence-corrected chi connectivity index (χ1v) is 14.0. The molecule has 0 aliphatic heterocycles. The summed E-state index contributed by atoms with van der Waals surface area (Å²) in [7, 11) is 0. The molecule has 174 valence electrons. The number of fused-ring (bicyclic) bond motifs is 1. The highest BCUT2D eigenvalue weighted by Gasteiger charge is 2.22. The van der Waals surface area contributed by atoms with Crippen molar-refractivity contribution in [2.24, 2.45) is 0 Å². The first-order valence-electron chi connectivity index (χ1n) is 10.9. The van der Waals surface area contributed by atoms with E-state index in [-0.39, 0.29) is 11.7 Å². The van der Waals surface area contributed by atoms with Gasteiger partial charge in [-0.2, -0.15) is 0 Å². The van der Waals surface area contributed by atoms with Crippen LogP contribution in [0.5, 0.6) is 0 Å². The number of aromatic nitrogens is 4. The van der Waals surface area contributed by atoms with Crippen LogP contribution in [0, 0.1) is 0 Å². The van der Waals surface area contributed by atoms with Gasteiger partial charge in [-0.15, -0.1) is 39.4 Å². The molecular weight excluding hydrogens is 506 g/mol. The molecule has 1 aliphatic rings. The Morgan fingerprint density at radius 3 is 2.82 bits per heavy atom. The number of thiophene rings is 1. The summed E-state index contributed by atoms with van der Waals surface area (Å²) in [5, 5.41) is 17.8. The standard InChI is InChI=1S/C24H22ClN5OS3/c1-2-11-30-22(18-12-32-20-6-4-3-5-17(18)20)28-29-24(30)34-14-21(31)27-23-26-19(13-33-23)15-7-9-16(25)10-8-15/h2,7-10,12-13H,1,3-6,11,14H2,(H,26,27,31). The van der Waals surface area contributed by atoms with E-state index in [1.807, 2.05) is 51.6 Å². The van der Waals surface area contributed by atoms with Crippen LogP contribution >= 0.6 is 46.0 Å². The number of aryl methyl sites for hydroxylation is 1. The summed E-state index contributed by atoms with van der Waals surface area (Å²) in [6, 6.07) is 7.47. The van der Waals surface area contributed by atoms with Gasteiger partial charge in [-0.25, -0.2) is 4.98 Å². The number of nitrogens with zero attached hydrogens (tertiary/aromatic N) is 4. The molecule has 0 spiro atoms. The van der Waals surface area contributed by atoms with Gasteiger partial charge in [0.15, 0.2) is 16.1 Å². The molecule has 0 atom stereocenters. The van der Waals surface area contributed by atoms with E-state index in [9.17, 15) is 4.79 Å². The minimum absolute atomic E-state index is 0.135. The maximum atomic E-state index is 12.6. The summed E-state index contributed by atoms with van der Waals surface area (Å²) in [6.07, 6.45) is 6.54. The molecule has 3 heterocycles. The Kier molecular flexibility index (Phi) is 7.15. The van der Waals surface area contributed by atoms with Crippen molar-refractivity contribution in [1.29, 1.82) is 0 Å². The number of hydrogen-bond donors (Lipinski definition) is 1. The summed E-state index contributed by atoms with van der Waals surface area (Å²) in [5.41, 5.74) is 4.33. The number of anilines is 1. The molecule has 0 radical (unpaired) electrons. The smallest absolute Gasteiger partial charge is 0.236 e. The molecule has 0 saturated heterocycles. The third kappa shape index (κ3) is 4.98. The van der Waals surface area contributed by atoms with Crippen LogP contribution in [-0.4, -0.2) is 31.4 Å². The second-order valence-electron chi connectivity index (χ2n) is 7.85. The van der Waals surface area contributed by atoms with Crippen LogP contribution in [0.15, 0.2) is 52.8 Å². The second-order valence-corrected chi connectivity index (χ2v) is 11.0. The van der Waals surface area contributed by atoms with E-state index >= 15 is 0 Å². The Morgan fingerprint density at radius 2 is 2.00 bits per heavy atom. The summed E-state index contributed by atoms with van der Waals surface area (Å²) in [6.45, 7) is 4.48. The zero-order chi connectivity index (χ0) is 23.5. The lowest BCUT2D eigenvalue weighted by Crippen LogP contribution is -2.14. The number of nitrogens with one attached hydrogen (secondary N) is 1. The normalized spacial score (nSPS) is 13.0. The maximum absolute atomic E-state index is 12.6. The van der Waals surface area contributed by atoms with E-state index in [0.29, 0.717) is 21.9 Å². The number of carbonyl (C=O) groups is 1. The largest absolute Gasteiger partial charge is 0.301 e. The van der Waals surface area contributed by atoms with Gasteiger partial charge in [-0.3, -0.25) is 9.36 Å². The second kappa shape index (κ2) is 10.4. The zero-order valence-corrected chi connectivity index (χ0v) is 21.5. The molecule has 0 unspecified atom stereocenters. The Balaban J connectivity index is 1.26. The molecular formula is C24H22ClN5OS3. The van der Waals surface area contributed by atoms with Crippen molar-refractivity contribution in [3.05, 3.63) is 63.1 Å². The first kappa shape index (κ1) is 23.3. The fourth-order valence-electron chi connectivity index (χ4n) is 3.94. The number of thioether (sulfide) groups is 1. The number of carbonyl (C=O) groups excluding carboxylic acids is 1. The molecule has 0 fully saturated rings. The summed E-state index contributed by atoms with van der Waals surface area (Å²) >= 11 is 10.5. The minimum atomic E-state index is -0.135. The van der Waals surface area contributed by atoms with Gasteiger partial charge in [0.25, 0.3) is 0 Å². The van der Waals surface area contributed by atoms with Crippen LogP contribution in [0.2, 0.25) is 5.02 Å². The van der Waals surface area contributed by atoms with Crippen molar-refractivity contribution in [3.8, 4) is 22.6 Å². The summed E-state index contributed by atoms with van der Waals surface area (Å²) in [5.74, 6) is 0.937. The molecule has 3 aromatic heterocycles. The third-order valence-electron chi connectivity index (χ3n) is 5.55. The van der Waals surface area contributed by atoms with Gasteiger partial charge in [0, 0.05) is 38.3 Å². The number of benzene rings is 1. The topological polar surface area (TPSA) is 72.7 Å². The lowest BCUT2D eigenvalue weighted by molar-refractivity contribution is -0.113. The Morgan fingerprint density at radius 1 is 1.18 bits per heavy atom. The first-order chi connectivity index (χ1) is 16.6. The maximum Gasteiger partial charge on any atom is 0.236 e.